The molecule has 5 nitrogen and oxygen atoms in total. The zero-order chi connectivity index (χ0) is 20.8. The number of hydrogen-bond acceptors (Lipinski definition) is 3. The first-order valence-corrected chi connectivity index (χ1v) is 10.7. The molecule has 0 atom stereocenters. The molecule has 0 spiro atoms. The van der Waals surface area contributed by atoms with Gasteiger partial charge in [0, 0.05) is 15.6 Å². The average molecular weight is 479 g/mol. The van der Waals surface area contributed by atoms with Crippen molar-refractivity contribution in [1.29, 1.82) is 0 Å². The zero-order valence-electron chi connectivity index (χ0n) is 14.7. The number of rotatable bonds is 3. The quantitative estimate of drug-likeness (QED) is 0.600. The molecule has 0 saturated heterocycles. The normalized spacial score (nSPS) is 14.1. The van der Waals surface area contributed by atoms with E-state index in [0.29, 0.717) is 16.8 Å². The van der Waals surface area contributed by atoms with Crippen LogP contribution < -0.4 is 9.62 Å². The van der Waals surface area contributed by atoms with E-state index in [2.05, 4.69) is 21.2 Å². The molecule has 0 saturated carbocycles. The number of nitrogens with one attached hydrogen (secondary N) is 1. The van der Waals surface area contributed by atoms with Crippen LogP contribution in [0.15, 0.2) is 70.0 Å². The molecule has 0 aromatic heterocycles. The molecule has 1 aliphatic rings. The molecular formula is C20H13BrF2N2O3S. The van der Waals surface area contributed by atoms with Crippen LogP contribution in [-0.2, 0) is 14.8 Å². The number of hydrogen-bond donors (Lipinski definition) is 1. The van der Waals surface area contributed by atoms with Crippen molar-refractivity contribution in [3.63, 3.8) is 0 Å². The fourth-order valence-electron chi connectivity index (χ4n) is 3.20. The largest absolute Gasteiger partial charge is 0.320 e. The van der Waals surface area contributed by atoms with Gasteiger partial charge in [0.2, 0.25) is 5.91 Å². The molecule has 1 N–H and O–H groups in total. The minimum absolute atomic E-state index is 0.0514. The Labute approximate surface area is 174 Å². The summed E-state index contributed by atoms with van der Waals surface area (Å²) in [6, 6.07) is 14.6. The second-order valence-corrected chi connectivity index (χ2v) is 9.06. The Hall–Kier alpha value is -2.78. The van der Waals surface area contributed by atoms with Crippen LogP contribution >= 0.6 is 15.9 Å². The molecule has 0 radical (unpaired) electrons. The summed E-state index contributed by atoms with van der Waals surface area (Å²) >= 11 is 3.37. The molecule has 9 heteroatoms. The third-order valence-corrected chi connectivity index (χ3v) is 6.80. The molecule has 0 unspecified atom stereocenters. The maximum absolute atomic E-state index is 13.8. The third kappa shape index (κ3) is 3.40. The monoisotopic (exact) mass is 478 g/mol. The molecule has 0 aliphatic carbocycles. The molecule has 3 aromatic carbocycles. The van der Waals surface area contributed by atoms with Gasteiger partial charge in [0.1, 0.15) is 23.9 Å². The third-order valence-electron chi connectivity index (χ3n) is 4.49. The molecule has 0 bridgehead atoms. The first-order chi connectivity index (χ1) is 13.8. The number of carbonyl (C=O) groups is 1. The maximum Gasteiger partial charge on any atom is 0.265 e. The number of amides is 1. The summed E-state index contributed by atoms with van der Waals surface area (Å²) < 4.78 is 55.7. The predicted octanol–water partition coefficient (Wildman–Crippen LogP) is 4.54. The van der Waals surface area contributed by atoms with Gasteiger partial charge in [-0.15, -0.1) is 0 Å². The van der Waals surface area contributed by atoms with Crippen LogP contribution in [0.3, 0.4) is 0 Å². The Bertz CT molecular complexity index is 1230. The second-order valence-electron chi connectivity index (χ2n) is 6.31. The van der Waals surface area contributed by atoms with Gasteiger partial charge in [-0.25, -0.2) is 17.2 Å². The standard InChI is InChI=1S/C20H13BrF2N2O3S/c21-12-8-9-17-14(10-12)13-4-1-2-7-18(13)29(27,28)25(17)11-19(26)24-20-15(22)5-3-6-16(20)23/h1-10H,11H2,(H,24,26). The van der Waals surface area contributed by atoms with Crippen LogP contribution in [0.2, 0.25) is 0 Å². The summed E-state index contributed by atoms with van der Waals surface area (Å²) in [6.45, 7) is -0.640. The molecule has 1 heterocycles. The number of para-hydroxylation sites is 1. The maximum atomic E-state index is 13.8. The second kappa shape index (κ2) is 7.23. The van der Waals surface area contributed by atoms with Crippen LogP contribution in [-0.4, -0.2) is 20.9 Å². The van der Waals surface area contributed by atoms with Gasteiger partial charge in [-0.2, -0.15) is 0 Å². The number of nitrogens with zero attached hydrogens (tertiary/aromatic N) is 1. The molecule has 4 rings (SSSR count). The Kier molecular flexibility index (Phi) is 4.87. The van der Waals surface area contributed by atoms with E-state index in [0.717, 1.165) is 20.9 Å². The number of halogens is 3. The SMILES string of the molecule is O=C(CN1c2ccc(Br)cc2-c2ccccc2S1(=O)=O)Nc1c(F)cccc1F. The van der Waals surface area contributed by atoms with Gasteiger partial charge < -0.3 is 5.32 Å². The predicted molar refractivity (Wildman–Crippen MR) is 109 cm³/mol. The number of benzene rings is 3. The summed E-state index contributed by atoms with van der Waals surface area (Å²) in [6.07, 6.45) is 0. The van der Waals surface area contributed by atoms with E-state index in [1.165, 1.54) is 12.1 Å². The molecule has 148 valence electrons. The van der Waals surface area contributed by atoms with Crippen molar-refractivity contribution in [2.75, 3.05) is 16.2 Å². The fraction of sp³-hybridized carbons (Fsp3) is 0.0500. The van der Waals surface area contributed by atoms with Gasteiger partial charge in [-0.05, 0) is 36.4 Å². The molecule has 3 aromatic rings. The van der Waals surface area contributed by atoms with Crippen LogP contribution in [0.5, 0.6) is 0 Å². The van der Waals surface area contributed by atoms with E-state index in [4.69, 9.17) is 0 Å². The van der Waals surface area contributed by atoms with Gasteiger partial charge in [0.05, 0.1) is 10.6 Å². The van der Waals surface area contributed by atoms with E-state index in [-0.39, 0.29) is 4.90 Å². The minimum Gasteiger partial charge on any atom is -0.320 e. The highest BCUT2D eigenvalue weighted by atomic mass is 79.9. The van der Waals surface area contributed by atoms with Crippen LogP contribution in [0.1, 0.15) is 0 Å². The summed E-state index contributed by atoms with van der Waals surface area (Å²) in [5.74, 6) is -2.77. The van der Waals surface area contributed by atoms with Crippen molar-refractivity contribution in [3.05, 3.63) is 76.8 Å². The van der Waals surface area contributed by atoms with E-state index >= 15 is 0 Å². The number of carbonyl (C=O) groups excluding carboxylic acids is 1. The lowest BCUT2D eigenvalue weighted by molar-refractivity contribution is -0.114. The minimum atomic E-state index is -4.05. The Morgan fingerprint density at radius 2 is 1.66 bits per heavy atom. The molecule has 0 fully saturated rings. The zero-order valence-corrected chi connectivity index (χ0v) is 17.1. The van der Waals surface area contributed by atoms with E-state index in [1.807, 2.05) is 0 Å². The summed E-state index contributed by atoms with van der Waals surface area (Å²) in [7, 11) is -4.05. The van der Waals surface area contributed by atoms with Crippen LogP contribution in [0.4, 0.5) is 20.2 Å². The van der Waals surface area contributed by atoms with Crippen molar-refractivity contribution in [1.82, 2.24) is 0 Å². The average Bonchev–Trinajstić information content (AvgIpc) is 2.68. The van der Waals surface area contributed by atoms with E-state index in [9.17, 15) is 22.0 Å². The van der Waals surface area contributed by atoms with E-state index < -0.39 is 39.8 Å². The topological polar surface area (TPSA) is 66.5 Å². The van der Waals surface area contributed by atoms with Gasteiger partial charge in [-0.1, -0.05) is 40.2 Å². The van der Waals surface area contributed by atoms with Crippen molar-refractivity contribution >= 4 is 43.2 Å². The van der Waals surface area contributed by atoms with Crippen molar-refractivity contribution in [2.24, 2.45) is 0 Å². The first kappa shape index (κ1) is 19.5. The van der Waals surface area contributed by atoms with Crippen molar-refractivity contribution < 1.29 is 22.0 Å². The summed E-state index contributed by atoms with van der Waals surface area (Å²) in [4.78, 5) is 12.6. The Morgan fingerprint density at radius 1 is 0.966 bits per heavy atom. The molecule has 29 heavy (non-hydrogen) atoms. The highest BCUT2D eigenvalue weighted by Gasteiger charge is 2.36. The summed E-state index contributed by atoms with van der Waals surface area (Å²) in [5, 5.41) is 2.13. The van der Waals surface area contributed by atoms with Gasteiger partial charge >= 0.3 is 0 Å². The van der Waals surface area contributed by atoms with Crippen molar-refractivity contribution in [2.45, 2.75) is 4.90 Å². The van der Waals surface area contributed by atoms with Crippen molar-refractivity contribution in [3.8, 4) is 11.1 Å². The lowest BCUT2D eigenvalue weighted by Gasteiger charge is -2.31. The number of anilines is 2. The summed E-state index contributed by atoms with van der Waals surface area (Å²) in [5.41, 5.74) is 0.815. The molecular weight excluding hydrogens is 466 g/mol. The molecule has 1 aliphatic heterocycles. The van der Waals surface area contributed by atoms with Crippen LogP contribution in [0, 0.1) is 11.6 Å². The lowest BCUT2D eigenvalue weighted by Crippen LogP contribution is -2.40. The van der Waals surface area contributed by atoms with Crippen LogP contribution in [0.25, 0.3) is 11.1 Å². The molecule has 1 amide bonds. The first-order valence-electron chi connectivity index (χ1n) is 8.44. The highest BCUT2D eigenvalue weighted by molar-refractivity contribution is 9.10. The lowest BCUT2D eigenvalue weighted by atomic mass is 10.0. The Morgan fingerprint density at radius 3 is 2.38 bits per heavy atom. The van der Waals surface area contributed by atoms with Gasteiger partial charge in [-0.3, -0.25) is 9.10 Å². The highest BCUT2D eigenvalue weighted by Crippen LogP contribution is 2.43. The van der Waals surface area contributed by atoms with Gasteiger partial charge in [0.25, 0.3) is 10.0 Å². The Balaban J connectivity index is 1.75. The fourth-order valence-corrected chi connectivity index (χ4v) is 5.21. The van der Waals surface area contributed by atoms with E-state index in [1.54, 1.807) is 36.4 Å². The van der Waals surface area contributed by atoms with Gasteiger partial charge in [0.15, 0.2) is 0 Å². The number of fused-ring (bicyclic) bond motifs is 3. The smallest absolute Gasteiger partial charge is 0.265 e. The number of sulfonamides is 1.